The lowest BCUT2D eigenvalue weighted by Crippen LogP contribution is -2.05. The van der Waals surface area contributed by atoms with Gasteiger partial charge in [0, 0.05) is 42.2 Å². The molecule has 0 bridgehead atoms. The summed E-state index contributed by atoms with van der Waals surface area (Å²) in [5.74, 6) is 0.761. The SMILES string of the molecule is CCCOc1ccc(C=NCCNc2ccc([N+](=O)[O-])cc2)c(O)c1. The van der Waals surface area contributed by atoms with Crippen molar-refractivity contribution in [2.24, 2.45) is 4.99 Å². The minimum absolute atomic E-state index is 0.0606. The molecule has 0 aromatic heterocycles. The Morgan fingerprint density at radius 1 is 1.28 bits per heavy atom. The number of aromatic hydroxyl groups is 1. The van der Waals surface area contributed by atoms with Crippen molar-refractivity contribution < 1.29 is 14.8 Å². The van der Waals surface area contributed by atoms with Crippen LogP contribution in [0.25, 0.3) is 0 Å². The Balaban J connectivity index is 1.80. The van der Waals surface area contributed by atoms with E-state index in [0.29, 0.717) is 31.0 Å². The van der Waals surface area contributed by atoms with E-state index in [4.69, 9.17) is 4.74 Å². The van der Waals surface area contributed by atoms with Crippen LogP contribution >= 0.6 is 0 Å². The normalized spacial score (nSPS) is 10.8. The van der Waals surface area contributed by atoms with E-state index in [1.165, 1.54) is 12.1 Å². The lowest BCUT2D eigenvalue weighted by molar-refractivity contribution is -0.384. The third-order valence-electron chi connectivity index (χ3n) is 3.35. The zero-order valence-electron chi connectivity index (χ0n) is 14.0. The molecule has 0 aliphatic rings. The molecule has 2 aromatic rings. The monoisotopic (exact) mass is 343 g/mol. The fraction of sp³-hybridized carbons (Fsp3) is 0.278. The van der Waals surface area contributed by atoms with Gasteiger partial charge in [-0.1, -0.05) is 6.92 Å². The number of nitro benzene ring substituents is 1. The molecule has 2 N–H and O–H groups in total. The summed E-state index contributed by atoms with van der Waals surface area (Å²) in [4.78, 5) is 14.4. The molecule has 0 fully saturated rings. The van der Waals surface area contributed by atoms with Crippen LogP contribution in [0.2, 0.25) is 0 Å². The Morgan fingerprint density at radius 3 is 2.68 bits per heavy atom. The van der Waals surface area contributed by atoms with Gasteiger partial charge in [0.25, 0.3) is 5.69 Å². The number of nitrogens with zero attached hydrogens (tertiary/aromatic N) is 2. The lowest BCUT2D eigenvalue weighted by atomic mass is 10.2. The molecule has 2 aromatic carbocycles. The summed E-state index contributed by atoms with van der Waals surface area (Å²) in [6.45, 7) is 3.71. The van der Waals surface area contributed by atoms with Crippen molar-refractivity contribution >= 4 is 17.6 Å². The first-order valence-corrected chi connectivity index (χ1v) is 8.04. The summed E-state index contributed by atoms with van der Waals surface area (Å²) in [6.07, 6.45) is 2.52. The summed E-state index contributed by atoms with van der Waals surface area (Å²) in [6, 6.07) is 11.3. The third kappa shape index (κ3) is 5.80. The maximum absolute atomic E-state index is 10.6. The molecule has 0 aliphatic heterocycles. The molecule has 7 heteroatoms. The number of benzene rings is 2. The van der Waals surface area contributed by atoms with Crippen LogP contribution in [0.15, 0.2) is 47.5 Å². The van der Waals surface area contributed by atoms with Gasteiger partial charge in [0.2, 0.25) is 0 Å². The second kappa shape index (κ2) is 9.27. The molecule has 0 unspecified atom stereocenters. The van der Waals surface area contributed by atoms with Crippen molar-refractivity contribution in [3.05, 3.63) is 58.1 Å². The number of nitrogens with one attached hydrogen (secondary N) is 1. The van der Waals surface area contributed by atoms with Crippen molar-refractivity contribution in [3.8, 4) is 11.5 Å². The molecule has 0 amide bonds. The average molecular weight is 343 g/mol. The number of non-ortho nitro benzene ring substituents is 1. The van der Waals surface area contributed by atoms with Crippen LogP contribution in [0.3, 0.4) is 0 Å². The van der Waals surface area contributed by atoms with Crippen LogP contribution in [0, 0.1) is 10.1 Å². The third-order valence-corrected chi connectivity index (χ3v) is 3.35. The first-order chi connectivity index (χ1) is 12.1. The molecular formula is C18H21N3O4. The van der Waals surface area contributed by atoms with Gasteiger partial charge in [-0.3, -0.25) is 15.1 Å². The first kappa shape index (κ1) is 18.3. The van der Waals surface area contributed by atoms with Gasteiger partial charge in [0.05, 0.1) is 18.1 Å². The minimum Gasteiger partial charge on any atom is -0.507 e. The summed E-state index contributed by atoms with van der Waals surface area (Å²) in [5, 5.41) is 23.7. The van der Waals surface area contributed by atoms with E-state index in [1.54, 1.807) is 36.5 Å². The van der Waals surface area contributed by atoms with Crippen LogP contribution in [0.1, 0.15) is 18.9 Å². The molecule has 0 radical (unpaired) electrons. The van der Waals surface area contributed by atoms with Crippen molar-refractivity contribution in [3.63, 3.8) is 0 Å². The summed E-state index contributed by atoms with van der Waals surface area (Å²) in [7, 11) is 0. The molecule has 25 heavy (non-hydrogen) atoms. The van der Waals surface area contributed by atoms with Gasteiger partial charge < -0.3 is 15.2 Å². The molecule has 0 saturated carbocycles. The Labute approximate surface area is 146 Å². The topological polar surface area (TPSA) is 97.0 Å². The molecule has 0 aliphatic carbocycles. The zero-order chi connectivity index (χ0) is 18.1. The van der Waals surface area contributed by atoms with E-state index in [2.05, 4.69) is 10.3 Å². The van der Waals surface area contributed by atoms with Crippen LogP contribution in [0.5, 0.6) is 11.5 Å². The number of aliphatic imine (C=N–C) groups is 1. The highest BCUT2D eigenvalue weighted by Crippen LogP contribution is 2.22. The summed E-state index contributed by atoms with van der Waals surface area (Å²) < 4.78 is 5.45. The maximum Gasteiger partial charge on any atom is 0.269 e. The number of hydrogen-bond donors (Lipinski definition) is 2. The van der Waals surface area contributed by atoms with Crippen molar-refractivity contribution in [1.82, 2.24) is 0 Å². The van der Waals surface area contributed by atoms with Crippen molar-refractivity contribution in [2.45, 2.75) is 13.3 Å². The lowest BCUT2D eigenvalue weighted by Gasteiger charge is -2.06. The number of nitro groups is 1. The highest BCUT2D eigenvalue weighted by Gasteiger charge is 2.03. The minimum atomic E-state index is -0.431. The van der Waals surface area contributed by atoms with E-state index >= 15 is 0 Å². The number of phenolic OH excluding ortho intramolecular Hbond substituents is 1. The number of ether oxygens (including phenoxy) is 1. The Hall–Kier alpha value is -3.09. The Bertz CT molecular complexity index is 730. The van der Waals surface area contributed by atoms with Gasteiger partial charge in [0.15, 0.2) is 0 Å². The molecule has 132 valence electrons. The summed E-state index contributed by atoms with van der Waals surface area (Å²) >= 11 is 0. The predicted octanol–water partition coefficient (Wildman–Crippen LogP) is 3.62. The fourth-order valence-electron chi connectivity index (χ4n) is 2.07. The maximum atomic E-state index is 10.6. The van der Waals surface area contributed by atoms with Gasteiger partial charge >= 0.3 is 0 Å². The first-order valence-electron chi connectivity index (χ1n) is 8.04. The van der Waals surface area contributed by atoms with E-state index in [9.17, 15) is 15.2 Å². The van der Waals surface area contributed by atoms with Gasteiger partial charge in [-0.2, -0.15) is 0 Å². The quantitative estimate of drug-likeness (QED) is 0.314. The molecule has 0 atom stereocenters. The average Bonchev–Trinajstić information content (AvgIpc) is 2.61. The van der Waals surface area contributed by atoms with Crippen LogP contribution in [-0.4, -0.2) is 35.9 Å². The van der Waals surface area contributed by atoms with E-state index in [1.807, 2.05) is 6.92 Å². The van der Waals surface area contributed by atoms with E-state index in [-0.39, 0.29) is 11.4 Å². The number of rotatable bonds is 9. The Morgan fingerprint density at radius 2 is 2.04 bits per heavy atom. The van der Waals surface area contributed by atoms with Crippen LogP contribution in [-0.2, 0) is 0 Å². The molecule has 0 spiro atoms. The highest BCUT2D eigenvalue weighted by molar-refractivity contribution is 5.83. The van der Waals surface area contributed by atoms with Gasteiger partial charge in [-0.15, -0.1) is 0 Å². The molecular weight excluding hydrogens is 322 g/mol. The molecule has 7 nitrogen and oxygen atoms in total. The highest BCUT2D eigenvalue weighted by atomic mass is 16.6. The zero-order valence-corrected chi connectivity index (χ0v) is 14.0. The van der Waals surface area contributed by atoms with Crippen molar-refractivity contribution in [2.75, 3.05) is 25.0 Å². The largest absolute Gasteiger partial charge is 0.507 e. The molecule has 0 heterocycles. The Kier molecular flexibility index (Phi) is 6.76. The van der Waals surface area contributed by atoms with Gasteiger partial charge in [-0.05, 0) is 30.7 Å². The van der Waals surface area contributed by atoms with Crippen LogP contribution in [0.4, 0.5) is 11.4 Å². The molecule has 2 rings (SSSR count). The van der Waals surface area contributed by atoms with E-state index < -0.39 is 4.92 Å². The summed E-state index contributed by atoms with van der Waals surface area (Å²) in [5.41, 5.74) is 1.48. The van der Waals surface area contributed by atoms with Crippen molar-refractivity contribution in [1.29, 1.82) is 0 Å². The number of phenols is 1. The fourth-order valence-corrected chi connectivity index (χ4v) is 2.07. The second-order valence-corrected chi connectivity index (χ2v) is 5.34. The van der Waals surface area contributed by atoms with Gasteiger partial charge in [-0.25, -0.2) is 0 Å². The second-order valence-electron chi connectivity index (χ2n) is 5.34. The number of hydrogen-bond acceptors (Lipinski definition) is 6. The molecule has 0 saturated heterocycles. The van der Waals surface area contributed by atoms with Gasteiger partial charge in [0.1, 0.15) is 11.5 Å². The predicted molar refractivity (Wildman–Crippen MR) is 97.9 cm³/mol. The standard InChI is InChI=1S/C18H21N3O4/c1-2-11-25-17-8-3-14(18(22)12-17)13-19-9-10-20-15-4-6-16(7-5-15)21(23)24/h3-8,12-13,20,22H,2,9-11H2,1H3. The van der Waals surface area contributed by atoms with Crippen LogP contribution < -0.4 is 10.1 Å². The number of anilines is 1. The smallest absolute Gasteiger partial charge is 0.269 e. The van der Waals surface area contributed by atoms with E-state index in [0.717, 1.165) is 12.1 Å².